The minimum Gasteiger partial charge on any atom is -0.508 e. The van der Waals surface area contributed by atoms with Crippen LogP contribution < -0.4 is 5.32 Å². The standard InChI is InChI=1S/C16H12Cl2N4O2/c1-9-2-3-10(17)6-14(9)19-16(24)15-8-22(21-20-15)12-4-11(18)5-13(23)7-12/h2-8,23H,1H3,(H,19,24). The molecular weight excluding hydrogens is 351 g/mol. The Morgan fingerprint density at radius 2 is 1.96 bits per heavy atom. The number of amides is 1. The summed E-state index contributed by atoms with van der Waals surface area (Å²) in [5.41, 5.74) is 2.08. The summed E-state index contributed by atoms with van der Waals surface area (Å²) >= 11 is 11.8. The van der Waals surface area contributed by atoms with Crippen molar-refractivity contribution < 1.29 is 9.90 Å². The van der Waals surface area contributed by atoms with Crippen LogP contribution in [-0.4, -0.2) is 26.0 Å². The zero-order valence-corrected chi connectivity index (χ0v) is 14.0. The molecule has 3 aromatic rings. The van der Waals surface area contributed by atoms with Crippen molar-refractivity contribution in [3.63, 3.8) is 0 Å². The van der Waals surface area contributed by atoms with Crippen molar-refractivity contribution in [1.29, 1.82) is 0 Å². The normalized spacial score (nSPS) is 10.6. The maximum Gasteiger partial charge on any atom is 0.277 e. The van der Waals surface area contributed by atoms with Gasteiger partial charge in [-0.2, -0.15) is 0 Å². The molecule has 1 heterocycles. The lowest BCUT2D eigenvalue weighted by molar-refractivity contribution is 0.102. The Morgan fingerprint density at radius 3 is 2.71 bits per heavy atom. The van der Waals surface area contributed by atoms with Crippen LogP contribution in [0.25, 0.3) is 5.69 Å². The summed E-state index contributed by atoms with van der Waals surface area (Å²) in [6.07, 6.45) is 1.44. The molecule has 0 saturated heterocycles. The minimum absolute atomic E-state index is 0.00597. The second-order valence-corrected chi connectivity index (χ2v) is 6.00. The van der Waals surface area contributed by atoms with Crippen molar-refractivity contribution in [3.8, 4) is 11.4 Å². The smallest absolute Gasteiger partial charge is 0.277 e. The monoisotopic (exact) mass is 362 g/mol. The number of nitrogens with one attached hydrogen (secondary N) is 1. The third-order valence-corrected chi connectivity index (χ3v) is 3.76. The van der Waals surface area contributed by atoms with E-state index in [2.05, 4.69) is 15.6 Å². The molecule has 24 heavy (non-hydrogen) atoms. The van der Waals surface area contributed by atoms with Crippen molar-refractivity contribution in [2.45, 2.75) is 6.92 Å². The molecule has 0 bridgehead atoms. The van der Waals surface area contributed by atoms with E-state index in [4.69, 9.17) is 23.2 Å². The number of hydrogen-bond donors (Lipinski definition) is 2. The second-order valence-electron chi connectivity index (χ2n) is 5.13. The summed E-state index contributed by atoms with van der Waals surface area (Å²) in [5, 5.41) is 20.9. The Kier molecular flexibility index (Phi) is 4.42. The van der Waals surface area contributed by atoms with Crippen molar-refractivity contribution in [3.05, 3.63) is 63.9 Å². The summed E-state index contributed by atoms with van der Waals surface area (Å²) in [7, 11) is 0. The van der Waals surface area contributed by atoms with Crippen LogP contribution in [0, 0.1) is 6.92 Å². The van der Waals surface area contributed by atoms with Gasteiger partial charge in [-0.15, -0.1) is 5.10 Å². The van der Waals surface area contributed by atoms with Crippen molar-refractivity contribution >= 4 is 34.8 Å². The van der Waals surface area contributed by atoms with E-state index in [0.717, 1.165) is 5.56 Å². The maximum absolute atomic E-state index is 12.3. The van der Waals surface area contributed by atoms with Gasteiger partial charge in [0.05, 0.1) is 11.9 Å². The number of nitrogens with zero attached hydrogens (tertiary/aromatic N) is 3. The largest absolute Gasteiger partial charge is 0.508 e. The molecule has 0 aliphatic carbocycles. The number of phenols is 1. The van der Waals surface area contributed by atoms with Gasteiger partial charge in [-0.3, -0.25) is 4.79 Å². The summed E-state index contributed by atoms with van der Waals surface area (Å²) in [6.45, 7) is 1.86. The first-order valence-corrected chi connectivity index (χ1v) is 7.68. The Bertz CT molecular complexity index is 904. The van der Waals surface area contributed by atoms with Gasteiger partial charge >= 0.3 is 0 Å². The average Bonchev–Trinajstić information content (AvgIpc) is 3.00. The molecule has 0 spiro atoms. The molecule has 8 heteroatoms. The van der Waals surface area contributed by atoms with Crippen molar-refractivity contribution in [2.75, 3.05) is 5.32 Å². The number of hydrogen-bond acceptors (Lipinski definition) is 4. The SMILES string of the molecule is Cc1ccc(Cl)cc1NC(=O)c1cn(-c2cc(O)cc(Cl)c2)nn1. The van der Waals surface area contributed by atoms with E-state index in [1.54, 1.807) is 18.2 Å². The number of phenolic OH excluding ortho intramolecular Hbond substituents is 1. The van der Waals surface area contributed by atoms with Crippen LogP contribution in [0.4, 0.5) is 5.69 Å². The van der Waals surface area contributed by atoms with E-state index in [9.17, 15) is 9.90 Å². The van der Waals surface area contributed by atoms with E-state index < -0.39 is 5.91 Å². The van der Waals surface area contributed by atoms with E-state index in [0.29, 0.717) is 21.4 Å². The molecular formula is C16H12Cl2N4O2. The molecule has 0 radical (unpaired) electrons. The lowest BCUT2D eigenvalue weighted by atomic mass is 10.2. The first-order chi connectivity index (χ1) is 11.4. The molecule has 1 aromatic heterocycles. The maximum atomic E-state index is 12.3. The third kappa shape index (κ3) is 3.50. The van der Waals surface area contributed by atoms with E-state index in [-0.39, 0.29) is 11.4 Å². The van der Waals surface area contributed by atoms with Crippen LogP contribution in [0.5, 0.6) is 5.75 Å². The molecule has 6 nitrogen and oxygen atoms in total. The first kappa shape index (κ1) is 16.3. The third-order valence-electron chi connectivity index (χ3n) is 3.31. The van der Waals surface area contributed by atoms with Gasteiger partial charge in [0.1, 0.15) is 5.75 Å². The molecule has 0 aliphatic rings. The van der Waals surface area contributed by atoms with Crippen LogP contribution in [0.2, 0.25) is 10.0 Å². The van der Waals surface area contributed by atoms with Crippen LogP contribution in [0.1, 0.15) is 16.1 Å². The van der Waals surface area contributed by atoms with Crippen LogP contribution in [0.3, 0.4) is 0 Å². The summed E-state index contributed by atoms with van der Waals surface area (Å²) in [4.78, 5) is 12.3. The van der Waals surface area contributed by atoms with Gasteiger partial charge < -0.3 is 10.4 Å². The fraction of sp³-hybridized carbons (Fsp3) is 0.0625. The number of aryl methyl sites for hydroxylation is 1. The van der Waals surface area contributed by atoms with Crippen LogP contribution >= 0.6 is 23.2 Å². The Labute approximate surface area is 147 Å². The van der Waals surface area contributed by atoms with Gasteiger partial charge in [0.25, 0.3) is 5.91 Å². The van der Waals surface area contributed by atoms with Crippen molar-refractivity contribution in [1.82, 2.24) is 15.0 Å². The Balaban J connectivity index is 1.84. The molecule has 0 saturated carbocycles. The molecule has 3 rings (SSSR count). The van der Waals surface area contributed by atoms with E-state index in [1.165, 1.54) is 23.0 Å². The quantitative estimate of drug-likeness (QED) is 0.741. The number of anilines is 1. The fourth-order valence-corrected chi connectivity index (χ4v) is 2.50. The topological polar surface area (TPSA) is 80.0 Å². The zero-order valence-electron chi connectivity index (χ0n) is 12.5. The van der Waals surface area contributed by atoms with E-state index >= 15 is 0 Å². The van der Waals surface area contributed by atoms with Crippen LogP contribution in [-0.2, 0) is 0 Å². The number of aromatic nitrogens is 3. The first-order valence-electron chi connectivity index (χ1n) is 6.92. The van der Waals surface area contributed by atoms with Gasteiger partial charge in [-0.05, 0) is 36.8 Å². The van der Waals surface area contributed by atoms with Crippen molar-refractivity contribution in [2.24, 2.45) is 0 Å². The second kappa shape index (κ2) is 6.51. The fourth-order valence-electron chi connectivity index (χ4n) is 2.10. The highest BCUT2D eigenvalue weighted by molar-refractivity contribution is 6.31. The molecule has 2 aromatic carbocycles. The average molecular weight is 363 g/mol. The Morgan fingerprint density at radius 1 is 1.17 bits per heavy atom. The summed E-state index contributed by atoms with van der Waals surface area (Å²) in [6, 6.07) is 9.67. The summed E-state index contributed by atoms with van der Waals surface area (Å²) < 4.78 is 1.35. The Hall–Kier alpha value is -2.57. The number of benzene rings is 2. The van der Waals surface area contributed by atoms with Gasteiger partial charge in [-0.1, -0.05) is 34.5 Å². The number of carbonyl (C=O) groups excluding carboxylic acids is 1. The highest BCUT2D eigenvalue weighted by Crippen LogP contribution is 2.23. The lowest BCUT2D eigenvalue weighted by Gasteiger charge is -2.07. The van der Waals surface area contributed by atoms with Gasteiger partial charge in [0.2, 0.25) is 0 Å². The highest BCUT2D eigenvalue weighted by Gasteiger charge is 2.13. The molecule has 0 fully saturated rings. The minimum atomic E-state index is -0.419. The zero-order chi connectivity index (χ0) is 17.3. The van der Waals surface area contributed by atoms with Gasteiger partial charge in [-0.25, -0.2) is 4.68 Å². The summed E-state index contributed by atoms with van der Waals surface area (Å²) in [5.74, 6) is -0.425. The molecule has 0 unspecified atom stereocenters. The lowest BCUT2D eigenvalue weighted by Crippen LogP contribution is -2.13. The molecule has 122 valence electrons. The predicted molar refractivity (Wildman–Crippen MR) is 92.2 cm³/mol. The highest BCUT2D eigenvalue weighted by atomic mass is 35.5. The molecule has 0 atom stereocenters. The predicted octanol–water partition coefficient (Wildman–Crippen LogP) is 3.84. The van der Waals surface area contributed by atoms with Gasteiger partial charge in [0, 0.05) is 21.8 Å². The number of aromatic hydroxyl groups is 1. The number of carbonyl (C=O) groups is 1. The van der Waals surface area contributed by atoms with E-state index in [1.807, 2.05) is 13.0 Å². The molecule has 2 N–H and O–H groups in total. The van der Waals surface area contributed by atoms with Crippen LogP contribution in [0.15, 0.2) is 42.6 Å². The number of rotatable bonds is 3. The number of halogens is 2. The molecule has 0 aliphatic heterocycles. The van der Waals surface area contributed by atoms with Gasteiger partial charge in [0.15, 0.2) is 5.69 Å². The molecule has 1 amide bonds.